The van der Waals surface area contributed by atoms with Gasteiger partial charge < -0.3 is 15.0 Å². The van der Waals surface area contributed by atoms with Gasteiger partial charge >= 0.3 is 0 Å². The molecule has 0 bridgehead atoms. The van der Waals surface area contributed by atoms with E-state index >= 15 is 0 Å². The molecular formula is C26H34BrN3O5S. The van der Waals surface area contributed by atoms with Crippen molar-refractivity contribution in [1.29, 1.82) is 0 Å². The minimum atomic E-state index is -3.80. The number of benzene rings is 2. The molecule has 0 aromatic heterocycles. The smallest absolute Gasteiger partial charge is 0.244 e. The Hall–Kier alpha value is -2.59. The van der Waals surface area contributed by atoms with E-state index in [9.17, 15) is 18.0 Å². The Morgan fingerprint density at radius 2 is 1.78 bits per heavy atom. The van der Waals surface area contributed by atoms with Crippen molar-refractivity contribution >= 4 is 43.5 Å². The van der Waals surface area contributed by atoms with Gasteiger partial charge in [-0.25, -0.2) is 8.42 Å². The molecule has 0 aliphatic heterocycles. The topological polar surface area (TPSA) is 96.0 Å². The summed E-state index contributed by atoms with van der Waals surface area (Å²) in [6.45, 7) is 1.41. The molecule has 0 unspecified atom stereocenters. The number of amides is 2. The fraction of sp³-hybridized carbons (Fsp3) is 0.462. The summed E-state index contributed by atoms with van der Waals surface area (Å²) in [4.78, 5) is 28.3. The first-order chi connectivity index (χ1) is 17.1. The van der Waals surface area contributed by atoms with Crippen LogP contribution in [0.15, 0.2) is 53.0 Å². The van der Waals surface area contributed by atoms with Crippen molar-refractivity contribution < 1.29 is 22.7 Å². The Balaban J connectivity index is 1.87. The molecule has 2 aromatic rings. The van der Waals surface area contributed by atoms with E-state index in [1.807, 2.05) is 24.3 Å². The van der Waals surface area contributed by atoms with Crippen LogP contribution in [0, 0.1) is 0 Å². The van der Waals surface area contributed by atoms with E-state index in [4.69, 9.17) is 4.74 Å². The summed E-state index contributed by atoms with van der Waals surface area (Å²) in [5, 5.41) is 3.09. The van der Waals surface area contributed by atoms with E-state index in [0.717, 1.165) is 46.3 Å². The molecule has 1 aliphatic carbocycles. The Kier molecular flexibility index (Phi) is 9.78. The largest absolute Gasteiger partial charge is 0.497 e. The summed E-state index contributed by atoms with van der Waals surface area (Å²) in [5.74, 6) is -0.238. The molecule has 10 heteroatoms. The van der Waals surface area contributed by atoms with Crippen LogP contribution >= 0.6 is 15.9 Å². The predicted octanol–water partition coefficient (Wildman–Crippen LogP) is 4.09. The molecule has 2 amide bonds. The number of hydrogen-bond acceptors (Lipinski definition) is 5. The second-order valence-electron chi connectivity index (χ2n) is 9.14. The first kappa shape index (κ1) is 28.0. The van der Waals surface area contributed by atoms with E-state index in [1.165, 1.54) is 18.4 Å². The quantitative estimate of drug-likeness (QED) is 0.457. The Morgan fingerprint density at radius 1 is 1.11 bits per heavy atom. The van der Waals surface area contributed by atoms with Gasteiger partial charge in [-0.05, 0) is 49.6 Å². The van der Waals surface area contributed by atoms with E-state index in [-0.39, 0.29) is 18.5 Å². The lowest BCUT2D eigenvalue weighted by Gasteiger charge is -2.33. The molecule has 1 saturated carbocycles. The fourth-order valence-electron chi connectivity index (χ4n) is 4.32. The average molecular weight is 581 g/mol. The maximum atomic E-state index is 13.6. The second kappa shape index (κ2) is 12.6. The zero-order valence-electron chi connectivity index (χ0n) is 20.9. The van der Waals surface area contributed by atoms with Crippen LogP contribution < -0.4 is 14.4 Å². The lowest BCUT2D eigenvalue weighted by molar-refractivity contribution is -0.139. The molecule has 1 atom stereocenters. The molecule has 0 saturated heterocycles. The van der Waals surface area contributed by atoms with E-state index < -0.39 is 28.5 Å². The summed E-state index contributed by atoms with van der Waals surface area (Å²) in [5.41, 5.74) is 1.14. The maximum absolute atomic E-state index is 13.6. The lowest BCUT2D eigenvalue weighted by atomic mass is 9.95. The van der Waals surface area contributed by atoms with Crippen LogP contribution in [-0.4, -0.2) is 57.1 Å². The Bertz CT molecular complexity index is 1150. The van der Waals surface area contributed by atoms with Crippen molar-refractivity contribution in [1.82, 2.24) is 10.2 Å². The molecule has 36 heavy (non-hydrogen) atoms. The highest BCUT2D eigenvalue weighted by Gasteiger charge is 2.31. The van der Waals surface area contributed by atoms with Crippen molar-refractivity contribution in [3.63, 3.8) is 0 Å². The number of hydrogen-bond donors (Lipinski definition) is 1. The van der Waals surface area contributed by atoms with Crippen molar-refractivity contribution in [3.8, 4) is 5.75 Å². The molecule has 196 valence electrons. The Morgan fingerprint density at radius 3 is 2.39 bits per heavy atom. The third kappa shape index (κ3) is 7.70. The van der Waals surface area contributed by atoms with E-state index in [2.05, 4.69) is 21.2 Å². The summed E-state index contributed by atoms with van der Waals surface area (Å²) in [6.07, 6.45) is 6.23. The molecule has 1 N–H and O–H groups in total. The van der Waals surface area contributed by atoms with Crippen LogP contribution in [0.5, 0.6) is 5.75 Å². The van der Waals surface area contributed by atoms with Gasteiger partial charge in [0.05, 0.1) is 19.1 Å². The van der Waals surface area contributed by atoms with Gasteiger partial charge in [0.2, 0.25) is 21.8 Å². The monoisotopic (exact) mass is 579 g/mol. The van der Waals surface area contributed by atoms with Gasteiger partial charge in [0, 0.05) is 23.1 Å². The zero-order valence-corrected chi connectivity index (χ0v) is 23.3. The molecule has 2 aromatic carbocycles. The molecule has 8 nitrogen and oxygen atoms in total. The van der Waals surface area contributed by atoms with E-state index in [1.54, 1.807) is 31.2 Å². The van der Waals surface area contributed by atoms with Crippen molar-refractivity contribution in [2.75, 3.05) is 24.2 Å². The average Bonchev–Trinajstić information content (AvgIpc) is 2.86. The molecule has 1 aliphatic rings. The summed E-state index contributed by atoms with van der Waals surface area (Å²) >= 11 is 3.41. The number of halogens is 1. The van der Waals surface area contributed by atoms with Crippen LogP contribution in [0.25, 0.3) is 0 Å². The maximum Gasteiger partial charge on any atom is 0.244 e. The zero-order chi connectivity index (χ0) is 26.3. The first-order valence-electron chi connectivity index (χ1n) is 12.0. The highest BCUT2D eigenvalue weighted by Crippen LogP contribution is 2.24. The second-order valence-corrected chi connectivity index (χ2v) is 12.0. The molecule has 0 heterocycles. The Labute approximate surface area is 222 Å². The number of carbonyl (C=O) groups excluding carboxylic acids is 2. The number of nitrogens with one attached hydrogen (secondary N) is 1. The van der Waals surface area contributed by atoms with Crippen LogP contribution in [0.3, 0.4) is 0 Å². The number of anilines is 1. The summed E-state index contributed by atoms with van der Waals surface area (Å²) in [6, 6.07) is 13.3. The van der Waals surface area contributed by atoms with Crippen LogP contribution in [0.2, 0.25) is 0 Å². The highest BCUT2D eigenvalue weighted by molar-refractivity contribution is 9.10. The standard InChI is InChI=1S/C26H34BrN3O5S/c1-19(26(32)28-22-8-5-4-6-9-22)29(17-20-12-14-21(27)15-13-20)25(31)18-30(36(3,33)34)23-10-7-11-24(16-23)35-2/h7,10-16,19,22H,4-6,8-9,17-18H2,1-3H3,(H,28,32)/t19-/m0/s1. The van der Waals surface area contributed by atoms with Gasteiger partial charge in [-0.2, -0.15) is 0 Å². The third-order valence-corrected chi connectivity index (χ3v) is 8.07. The molecular weight excluding hydrogens is 546 g/mol. The van der Waals surface area contributed by atoms with Crippen molar-refractivity contribution in [2.24, 2.45) is 0 Å². The molecule has 0 spiro atoms. The van der Waals surface area contributed by atoms with Gasteiger partial charge in [0.1, 0.15) is 18.3 Å². The molecule has 1 fully saturated rings. The SMILES string of the molecule is COc1cccc(N(CC(=O)N(Cc2ccc(Br)cc2)[C@@H](C)C(=O)NC2CCCCC2)S(C)(=O)=O)c1. The van der Waals surface area contributed by atoms with Gasteiger partial charge in [0.25, 0.3) is 0 Å². The minimum Gasteiger partial charge on any atom is -0.497 e. The van der Waals surface area contributed by atoms with E-state index in [0.29, 0.717) is 11.4 Å². The predicted molar refractivity (Wildman–Crippen MR) is 144 cm³/mol. The van der Waals surface area contributed by atoms with Gasteiger partial charge in [-0.3, -0.25) is 13.9 Å². The van der Waals surface area contributed by atoms with Crippen molar-refractivity contribution in [2.45, 2.75) is 57.7 Å². The van der Waals surface area contributed by atoms with Crippen LogP contribution in [0.4, 0.5) is 5.69 Å². The highest BCUT2D eigenvalue weighted by atomic mass is 79.9. The number of ether oxygens (including phenoxy) is 1. The molecule has 0 radical (unpaired) electrons. The fourth-order valence-corrected chi connectivity index (χ4v) is 5.42. The number of rotatable bonds is 10. The van der Waals surface area contributed by atoms with Crippen molar-refractivity contribution in [3.05, 3.63) is 58.6 Å². The summed E-state index contributed by atoms with van der Waals surface area (Å²) < 4.78 is 32.5. The number of sulfonamides is 1. The number of methoxy groups -OCH3 is 1. The van der Waals surface area contributed by atoms with Gasteiger partial charge in [0.15, 0.2) is 0 Å². The normalized spacial score (nSPS) is 15.1. The van der Waals surface area contributed by atoms with Crippen LogP contribution in [-0.2, 0) is 26.2 Å². The minimum absolute atomic E-state index is 0.0997. The van der Waals surface area contributed by atoms with Gasteiger partial charge in [-0.15, -0.1) is 0 Å². The lowest BCUT2D eigenvalue weighted by Crippen LogP contribution is -2.52. The number of carbonyl (C=O) groups is 2. The summed E-state index contributed by atoms with van der Waals surface area (Å²) in [7, 11) is -2.31. The molecule has 3 rings (SSSR count). The van der Waals surface area contributed by atoms with Crippen LogP contribution in [0.1, 0.15) is 44.6 Å². The third-order valence-electron chi connectivity index (χ3n) is 6.41. The van der Waals surface area contributed by atoms with Gasteiger partial charge in [-0.1, -0.05) is 53.4 Å². The first-order valence-corrected chi connectivity index (χ1v) is 14.7. The number of nitrogens with zero attached hydrogens (tertiary/aromatic N) is 2.